The fourth-order valence-electron chi connectivity index (χ4n) is 0.655. The molecule has 0 aromatic heterocycles. The van der Waals surface area contributed by atoms with Crippen LogP contribution < -0.4 is 0 Å². The van der Waals surface area contributed by atoms with Crippen LogP contribution in [0, 0.1) is 0 Å². The number of hydrogen-bond acceptors (Lipinski definition) is 1. The molecule has 0 N–H and O–H groups in total. The molecule has 1 aromatic carbocycles. The molecule has 0 heterocycles. The van der Waals surface area contributed by atoms with Crippen LogP contribution in [0.25, 0.3) is 0 Å². The van der Waals surface area contributed by atoms with E-state index in [0.29, 0.717) is 10.7 Å². The van der Waals surface area contributed by atoms with Gasteiger partial charge in [0.1, 0.15) is 0 Å². The van der Waals surface area contributed by atoms with Crippen LogP contribution >= 0.6 is 50.4 Å². The lowest BCUT2D eigenvalue weighted by molar-refractivity contribution is 1.57. The van der Waals surface area contributed by atoms with Gasteiger partial charge in [-0.1, -0.05) is 23.7 Å². The molecule has 0 radical (unpaired) electrons. The van der Waals surface area contributed by atoms with Gasteiger partial charge in [-0.25, -0.2) is 4.74 Å². The molecular formula is C6H4Cl4NP. The predicted octanol–water partition coefficient (Wildman–Crippen LogP) is 5.63. The van der Waals surface area contributed by atoms with Crippen LogP contribution in [0.4, 0.5) is 5.69 Å². The predicted molar refractivity (Wildman–Crippen MR) is 58.0 cm³/mol. The van der Waals surface area contributed by atoms with Crippen molar-refractivity contribution in [3.05, 3.63) is 29.3 Å². The summed E-state index contributed by atoms with van der Waals surface area (Å²) in [5, 5.41) is -2.22. The van der Waals surface area contributed by atoms with Crippen LogP contribution in [0.3, 0.4) is 0 Å². The van der Waals surface area contributed by atoms with E-state index in [2.05, 4.69) is 4.74 Å². The molecule has 0 atom stereocenters. The van der Waals surface area contributed by atoms with Crippen LogP contribution in [0.5, 0.6) is 0 Å². The second-order valence-corrected chi connectivity index (χ2v) is 9.37. The standard InChI is InChI=1S/C6H4Cl4NP/c7-5-3-1-2-4-6(5)11-12(8,9)10/h1-4H. The monoisotopic (exact) mass is 261 g/mol. The molecule has 1 rings (SSSR count). The molecule has 0 spiro atoms. The van der Waals surface area contributed by atoms with Gasteiger partial charge >= 0.3 is 0 Å². The van der Waals surface area contributed by atoms with Crippen LogP contribution in [0.2, 0.25) is 5.02 Å². The van der Waals surface area contributed by atoms with Crippen LogP contribution in [-0.4, -0.2) is 0 Å². The van der Waals surface area contributed by atoms with Crippen molar-refractivity contribution in [2.45, 2.75) is 0 Å². The first-order valence-electron chi connectivity index (χ1n) is 2.95. The third-order valence-electron chi connectivity index (χ3n) is 1.07. The molecule has 0 aliphatic rings. The zero-order valence-electron chi connectivity index (χ0n) is 5.72. The Bertz CT molecular complexity index is 324. The van der Waals surface area contributed by atoms with Crippen LogP contribution in [0.1, 0.15) is 0 Å². The SMILES string of the molecule is Clc1ccccc1N=P(Cl)(Cl)Cl. The van der Waals surface area contributed by atoms with E-state index in [1.54, 1.807) is 24.3 Å². The Morgan fingerprint density at radius 3 is 2.17 bits per heavy atom. The van der Waals surface area contributed by atoms with E-state index >= 15 is 0 Å². The molecule has 0 aliphatic heterocycles. The first kappa shape index (κ1) is 10.7. The maximum absolute atomic E-state index is 5.78. The van der Waals surface area contributed by atoms with Crippen molar-refractivity contribution in [1.29, 1.82) is 0 Å². The Morgan fingerprint density at radius 2 is 1.67 bits per heavy atom. The minimum absolute atomic E-state index is 0.490. The smallest absolute Gasteiger partial charge is 0.222 e. The van der Waals surface area contributed by atoms with Gasteiger partial charge in [0.15, 0.2) is 0 Å². The summed E-state index contributed by atoms with van der Waals surface area (Å²) in [7, 11) is 0. The Hall–Kier alpha value is 0.610. The summed E-state index contributed by atoms with van der Waals surface area (Å²) in [6, 6.07) is 6.97. The fraction of sp³-hybridized carbons (Fsp3) is 0. The summed E-state index contributed by atoms with van der Waals surface area (Å²) < 4.78 is 3.87. The topological polar surface area (TPSA) is 12.4 Å². The van der Waals surface area contributed by atoms with Crippen molar-refractivity contribution in [3.8, 4) is 0 Å². The number of rotatable bonds is 1. The summed E-state index contributed by atoms with van der Waals surface area (Å²) in [5.74, 6) is 0. The number of hydrogen-bond donors (Lipinski definition) is 0. The lowest BCUT2D eigenvalue weighted by Gasteiger charge is -1.99. The Balaban J connectivity index is 3.14. The van der Waals surface area contributed by atoms with Crippen molar-refractivity contribution in [1.82, 2.24) is 0 Å². The molecular weight excluding hydrogens is 259 g/mol. The highest BCUT2D eigenvalue weighted by Gasteiger charge is 2.07. The average Bonchev–Trinajstić information content (AvgIpc) is 1.91. The maximum atomic E-state index is 5.78. The maximum Gasteiger partial charge on any atom is 0.229 e. The second kappa shape index (κ2) is 4.21. The fourth-order valence-corrected chi connectivity index (χ4v) is 2.04. The molecule has 0 saturated heterocycles. The molecule has 6 heteroatoms. The third kappa shape index (κ3) is 3.55. The summed E-state index contributed by atoms with van der Waals surface area (Å²) in [6.45, 7) is 0. The van der Waals surface area contributed by atoms with Gasteiger partial charge in [-0.3, -0.25) is 0 Å². The Morgan fingerprint density at radius 1 is 1.08 bits per heavy atom. The Labute approximate surface area is 90.0 Å². The van der Waals surface area contributed by atoms with Crippen molar-refractivity contribution >= 4 is 56.1 Å². The van der Waals surface area contributed by atoms with Gasteiger partial charge < -0.3 is 0 Å². The highest BCUT2D eigenvalue weighted by molar-refractivity contribution is 8.26. The van der Waals surface area contributed by atoms with Gasteiger partial charge in [0.05, 0.1) is 10.7 Å². The molecule has 1 nitrogen and oxygen atoms in total. The van der Waals surface area contributed by atoms with E-state index in [0.717, 1.165) is 0 Å². The van der Waals surface area contributed by atoms with E-state index in [4.69, 9.17) is 45.3 Å². The van der Waals surface area contributed by atoms with Gasteiger partial charge in [-0.15, -0.1) is 0 Å². The first-order chi connectivity index (χ1) is 5.49. The average molecular weight is 263 g/mol. The van der Waals surface area contributed by atoms with E-state index in [9.17, 15) is 0 Å². The summed E-state index contributed by atoms with van der Waals surface area (Å²) in [5.41, 5.74) is 0.521. The van der Waals surface area contributed by atoms with Crippen molar-refractivity contribution < 1.29 is 0 Å². The van der Waals surface area contributed by atoms with Gasteiger partial charge in [0.25, 0.3) is 0 Å². The Kier molecular flexibility index (Phi) is 3.75. The molecule has 0 unspecified atom stereocenters. The molecule has 0 fully saturated rings. The van der Waals surface area contributed by atoms with Crippen LogP contribution in [0.15, 0.2) is 29.0 Å². The third-order valence-corrected chi connectivity index (χ3v) is 2.52. The number of benzene rings is 1. The molecule has 0 amide bonds. The largest absolute Gasteiger partial charge is 0.229 e. The highest BCUT2D eigenvalue weighted by atomic mass is 36.0. The molecule has 1 aromatic rings. The first-order valence-corrected chi connectivity index (χ1v) is 7.78. The van der Waals surface area contributed by atoms with Crippen LogP contribution in [-0.2, 0) is 0 Å². The normalized spacial score (nSPS) is 11.3. The van der Waals surface area contributed by atoms with E-state index in [-0.39, 0.29) is 0 Å². The minimum atomic E-state index is -2.71. The van der Waals surface area contributed by atoms with Crippen molar-refractivity contribution in [3.63, 3.8) is 0 Å². The lowest BCUT2D eigenvalue weighted by Crippen LogP contribution is -1.63. The molecule has 0 saturated carbocycles. The molecule has 66 valence electrons. The van der Waals surface area contributed by atoms with Gasteiger partial charge in [0, 0.05) is 0 Å². The van der Waals surface area contributed by atoms with Gasteiger partial charge in [-0.05, 0) is 45.9 Å². The molecule has 12 heavy (non-hydrogen) atoms. The van der Waals surface area contributed by atoms with E-state index in [1.165, 1.54) is 0 Å². The summed E-state index contributed by atoms with van der Waals surface area (Å²) >= 11 is 22.4. The summed E-state index contributed by atoms with van der Waals surface area (Å²) in [4.78, 5) is 0. The molecule has 0 bridgehead atoms. The zero-order valence-corrected chi connectivity index (χ0v) is 9.63. The zero-order chi connectivity index (χ0) is 9.19. The van der Waals surface area contributed by atoms with E-state index in [1.807, 2.05) is 0 Å². The van der Waals surface area contributed by atoms with Gasteiger partial charge in [0.2, 0.25) is 5.11 Å². The minimum Gasteiger partial charge on any atom is -0.222 e. The van der Waals surface area contributed by atoms with Crippen molar-refractivity contribution in [2.75, 3.05) is 0 Å². The highest BCUT2D eigenvalue weighted by Crippen LogP contribution is 2.66. The van der Waals surface area contributed by atoms with Crippen molar-refractivity contribution in [2.24, 2.45) is 4.74 Å². The lowest BCUT2D eigenvalue weighted by atomic mass is 10.3. The van der Waals surface area contributed by atoms with E-state index < -0.39 is 5.11 Å². The number of nitrogens with zero attached hydrogens (tertiary/aromatic N) is 1. The molecule has 0 aliphatic carbocycles. The second-order valence-electron chi connectivity index (χ2n) is 1.97. The summed E-state index contributed by atoms with van der Waals surface area (Å²) in [6.07, 6.45) is 0. The van der Waals surface area contributed by atoms with Gasteiger partial charge in [-0.2, -0.15) is 0 Å². The number of halogens is 4. The quantitative estimate of drug-likeness (QED) is 0.581.